The number of hydrogen-bond donors (Lipinski definition) is 0. The van der Waals surface area contributed by atoms with Crippen LogP contribution in [0.1, 0.15) is 0 Å². The standard InChI is InChI=1S/C10H23NO4/c1-12-7-5-11(6-8-13-2)9-10(14-3)15-4/h10H,5-9H2,1-4H3. The summed E-state index contributed by atoms with van der Waals surface area (Å²) in [6.45, 7) is 3.82. The minimum Gasteiger partial charge on any atom is -0.383 e. The van der Waals surface area contributed by atoms with Crippen molar-refractivity contribution < 1.29 is 18.9 Å². The summed E-state index contributed by atoms with van der Waals surface area (Å²) in [6.07, 6.45) is -0.196. The molecule has 5 nitrogen and oxygen atoms in total. The van der Waals surface area contributed by atoms with Gasteiger partial charge in [0.2, 0.25) is 0 Å². The van der Waals surface area contributed by atoms with E-state index in [0.717, 1.165) is 19.6 Å². The summed E-state index contributed by atoms with van der Waals surface area (Å²) in [6, 6.07) is 0. The number of methoxy groups -OCH3 is 4. The summed E-state index contributed by atoms with van der Waals surface area (Å²) in [5, 5.41) is 0. The van der Waals surface area contributed by atoms with Crippen LogP contribution in [-0.2, 0) is 18.9 Å². The van der Waals surface area contributed by atoms with E-state index < -0.39 is 0 Å². The Kier molecular flexibility index (Phi) is 10.2. The van der Waals surface area contributed by atoms with Crippen molar-refractivity contribution in [1.82, 2.24) is 4.90 Å². The molecule has 0 aliphatic carbocycles. The largest absolute Gasteiger partial charge is 0.383 e. The first-order valence-electron chi connectivity index (χ1n) is 5.04. The molecule has 0 heterocycles. The highest BCUT2D eigenvalue weighted by atomic mass is 16.7. The fourth-order valence-corrected chi connectivity index (χ4v) is 1.19. The van der Waals surface area contributed by atoms with Crippen molar-refractivity contribution in [3.63, 3.8) is 0 Å². The Labute approximate surface area is 92.2 Å². The first-order valence-corrected chi connectivity index (χ1v) is 5.04. The van der Waals surface area contributed by atoms with E-state index in [9.17, 15) is 0 Å². The van der Waals surface area contributed by atoms with Crippen LogP contribution in [0.5, 0.6) is 0 Å². The first-order chi connectivity index (χ1) is 7.28. The number of rotatable bonds is 10. The molecule has 0 radical (unpaired) electrons. The van der Waals surface area contributed by atoms with Crippen LogP contribution in [0.2, 0.25) is 0 Å². The third-order valence-corrected chi connectivity index (χ3v) is 2.16. The highest BCUT2D eigenvalue weighted by molar-refractivity contribution is 4.59. The van der Waals surface area contributed by atoms with Gasteiger partial charge in [0.15, 0.2) is 6.29 Å². The Balaban J connectivity index is 3.86. The van der Waals surface area contributed by atoms with E-state index in [2.05, 4.69) is 4.90 Å². The first kappa shape index (κ1) is 14.8. The molecule has 0 amide bonds. The predicted octanol–water partition coefficient (Wildman–Crippen LogP) is 0.200. The third kappa shape index (κ3) is 7.70. The SMILES string of the molecule is COCCN(CCOC)CC(OC)OC. The van der Waals surface area contributed by atoms with Crippen LogP contribution in [-0.4, -0.2) is 72.5 Å². The lowest BCUT2D eigenvalue weighted by molar-refractivity contribution is -0.118. The molecule has 15 heavy (non-hydrogen) atoms. The molecule has 0 saturated carbocycles. The molecule has 0 aromatic heterocycles. The molecule has 0 aliphatic rings. The zero-order valence-electron chi connectivity index (χ0n) is 10.2. The summed E-state index contributed by atoms with van der Waals surface area (Å²) in [5.41, 5.74) is 0. The quantitative estimate of drug-likeness (QED) is 0.493. The second kappa shape index (κ2) is 10.3. The van der Waals surface area contributed by atoms with Gasteiger partial charge in [0.1, 0.15) is 0 Å². The van der Waals surface area contributed by atoms with Crippen LogP contribution in [0.4, 0.5) is 0 Å². The number of ether oxygens (including phenoxy) is 4. The molecule has 0 unspecified atom stereocenters. The third-order valence-electron chi connectivity index (χ3n) is 2.16. The molecule has 0 saturated heterocycles. The van der Waals surface area contributed by atoms with Gasteiger partial charge < -0.3 is 18.9 Å². The van der Waals surface area contributed by atoms with Crippen LogP contribution in [0.15, 0.2) is 0 Å². The fraction of sp³-hybridized carbons (Fsp3) is 1.00. The molecule has 0 spiro atoms. The summed E-state index contributed by atoms with van der Waals surface area (Å²) in [5.74, 6) is 0. The minimum absolute atomic E-state index is 0.196. The Hall–Kier alpha value is -0.200. The van der Waals surface area contributed by atoms with E-state index in [0.29, 0.717) is 13.2 Å². The van der Waals surface area contributed by atoms with Gasteiger partial charge in [-0.15, -0.1) is 0 Å². The average molecular weight is 221 g/mol. The normalized spacial score (nSPS) is 11.6. The van der Waals surface area contributed by atoms with E-state index in [1.54, 1.807) is 28.4 Å². The van der Waals surface area contributed by atoms with E-state index in [4.69, 9.17) is 18.9 Å². The van der Waals surface area contributed by atoms with Crippen molar-refractivity contribution in [1.29, 1.82) is 0 Å². The fourth-order valence-electron chi connectivity index (χ4n) is 1.19. The Morgan fingerprint density at radius 3 is 1.67 bits per heavy atom. The molecule has 0 N–H and O–H groups in total. The van der Waals surface area contributed by atoms with Gasteiger partial charge in [0.05, 0.1) is 13.2 Å². The van der Waals surface area contributed by atoms with Crippen molar-refractivity contribution in [3.05, 3.63) is 0 Å². The topological polar surface area (TPSA) is 40.2 Å². The summed E-state index contributed by atoms with van der Waals surface area (Å²) in [7, 11) is 6.66. The minimum atomic E-state index is -0.196. The highest BCUT2D eigenvalue weighted by Gasteiger charge is 2.12. The van der Waals surface area contributed by atoms with Crippen molar-refractivity contribution >= 4 is 0 Å². The maximum Gasteiger partial charge on any atom is 0.169 e. The number of nitrogens with zero attached hydrogens (tertiary/aromatic N) is 1. The molecule has 0 fully saturated rings. The van der Waals surface area contributed by atoms with Crippen molar-refractivity contribution in [2.45, 2.75) is 6.29 Å². The van der Waals surface area contributed by atoms with Crippen LogP contribution >= 0.6 is 0 Å². The predicted molar refractivity (Wildman–Crippen MR) is 58.0 cm³/mol. The van der Waals surface area contributed by atoms with Gasteiger partial charge >= 0.3 is 0 Å². The highest BCUT2D eigenvalue weighted by Crippen LogP contribution is 1.97. The molecule has 0 aromatic carbocycles. The van der Waals surface area contributed by atoms with Crippen LogP contribution in [0, 0.1) is 0 Å². The molecule has 0 bridgehead atoms. The van der Waals surface area contributed by atoms with Gasteiger partial charge in [-0.25, -0.2) is 0 Å². The molecule has 0 rings (SSSR count). The van der Waals surface area contributed by atoms with Crippen LogP contribution in [0.25, 0.3) is 0 Å². The lowest BCUT2D eigenvalue weighted by atomic mass is 10.4. The second-order valence-corrected chi connectivity index (χ2v) is 3.19. The molecule has 92 valence electrons. The maximum absolute atomic E-state index is 5.14. The summed E-state index contributed by atoms with van der Waals surface area (Å²) >= 11 is 0. The monoisotopic (exact) mass is 221 g/mol. The Morgan fingerprint density at radius 1 is 0.867 bits per heavy atom. The molecular weight excluding hydrogens is 198 g/mol. The van der Waals surface area contributed by atoms with Gasteiger partial charge in [0.25, 0.3) is 0 Å². The molecule has 0 atom stereocenters. The lowest BCUT2D eigenvalue weighted by Gasteiger charge is -2.25. The molecule has 5 heteroatoms. The van der Waals surface area contributed by atoms with E-state index in [1.165, 1.54) is 0 Å². The zero-order valence-corrected chi connectivity index (χ0v) is 10.2. The van der Waals surface area contributed by atoms with Crippen molar-refractivity contribution in [2.75, 3.05) is 61.3 Å². The number of hydrogen-bond acceptors (Lipinski definition) is 5. The van der Waals surface area contributed by atoms with Crippen LogP contribution < -0.4 is 0 Å². The molecular formula is C10H23NO4. The van der Waals surface area contributed by atoms with Crippen molar-refractivity contribution in [3.8, 4) is 0 Å². The Morgan fingerprint density at radius 2 is 1.33 bits per heavy atom. The average Bonchev–Trinajstić information content (AvgIpc) is 2.28. The smallest absolute Gasteiger partial charge is 0.169 e. The van der Waals surface area contributed by atoms with E-state index >= 15 is 0 Å². The molecule has 0 aromatic rings. The maximum atomic E-state index is 5.14. The second-order valence-electron chi connectivity index (χ2n) is 3.19. The zero-order chi connectivity index (χ0) is 11.5. The Bertz CT molecular complexity index is 123. The van der Waals surface area contributed by atoms with Crippen LogP contribution in [0.3, 0.4) is 0 Å². The van der Waals surface area contributed by atoms with E-state index in [-0.39, 0.29) is 6.29 Å². The van der Waals surface area contributed by atoms with E-state index in [1.807, 2.05) is 0 Å². The van der Waals surface area contributed by atoms with Gasteiger partial charge in [-0.1, -0.05) is 0 Å². The van der Waals surface area contributed by atoms with Gasteiger partial charge in [-0.2, -0.15) is 0 Å². The lowest BCUT2D eigenvalue weighted by Crippen LogP contribution is -2.38. The van der Waals surface area contributed by atoms with Gasteiger partial charge in [-0.3, -0.25) is 4.90 Å². The summed E-state index contributed by atoms with van der Waals surface area (Å²) < 4.78 is 20.4. The molecule has 0 aliphatic heterocycles. The van der Waals surface area contributed by atoms with Gasteiger partial charge in [0, 0.05) is 48.1 Å². The van der Waals surface area contributed by atoms with Crippen molar-refractivity contribution in [2.24, 2.45) is 0 Å². The summed E-state index contributed by atoms with van der Waals surface area (Å²) in [4.78, 5) is 2.19. The van der Waals surface area contributed by atoms with Gasteiger partial charge in [-0.05, 0) is 0 Å².